The van der Waals surface area contributed by atoms with Gasteiger partial charge >= 0.3 is 57.8 Å². The number of hydrogen-bond donors (Lipinski definition) is 4. The number of hydrogen-bond acceptors (Lipinski definition) is 8. The summed E-state index contributed by atoms with van der Waals surface area (Å²) < 4.78 is 0. The monoisotopic (exact) mass is 595 g/mol. The zero-order chi connectivity index (χ0) is 22.8. The van der Waals surface area contributed by atoms with Gasteiger partial charge in [0.2, 0.25) is 0 Å². The minimum atomic E-state index is -0.988. The Kier molecular flexibility index (Phi) is 13.3. The zero-order valence-electron chi connectivity index (χ0n) is 17.9. The minimum Gasteiger partial charge on any atom is -0.480 e. The van der Waals surface area contributed by atoms with Gasteiger partial charge in [-0.1, -0.05) is 0 Å². The summed E-state index contributed by atoms with van der Waals surface area (Å²) in [5, 5.41) is 27.8. The molecule has 0 saturated carbocycles. The van der Waals surface area contributed by atoms with Gasteiger partial charge in [0.05, 0.1) is 31.0 Å². The molecule has 1 aromatic heterocycles. The predicted molar refractivity (Wildman–Crippen MR) is 112 cm³/mol. The molecule has 0 aliphatic carbocycles. The van der Waals surface area contributed by atoms with Crippen LogP contribution in [0, 0.1) is 39.9 Å². The van der Waals surface area contributed by atoms with Crippen LogP contribution < -0.4 is 5.73 Å². The van der Waals surface area contributed by atoms with Gasteiger partial charge in [0.25, 0.3) is 0 Å². The van der Waals surface area contributed by atoms with E-state index in [1.165, 1.54) is 0 Å². The fraction of sp³-hybridized carbons (Fsp3) is 0.600. The van der Waals surface area contributed by atoms with Crippen molar-refractivity contribution in [1.29, 1.82) is 0 Å². The molecule has 0 fully saturated rings. The minimum absolute atomic E-state index is 0. The van der Waals surface area contributed by atoms with E-state index in [1.807, 2.05) is 12.1 Å². The molecule has 0 unspecified atom stereocenters. The van der Waals surface area contributed by atoms with E-state index in [4.69, 9.17) is 5.73 Å². The largest absolute Gasteiger partial charge is 3.00 e. The third-order valence-corrected chi connectivity index (χ3v) is 4.97. The smallest absolute Gasteiger partial charge is 0.480 e. The molecule has 11 nitrogen and oxygen atoms in total. The summed E-state index contributed by atoms with van der Waals surface area (Å²) >= 11 is 0. The van der Waals surface area contributed by atoms with Crippen molar-refractivity contribution in [3.8, 4) is 0 Å². The Labute approximate surface area is 219 Å². The summed E-state index contributed by atoms with van der Waals surface area (Å²) in [6.07, 6.45) is 1.55. The maximum absolute atomic E-state index is 11.3. The maximum Gasteiger partial charge on any atom is 3.00 e. The number of carboxylic acid groups (broad SMARTS) is 3. The van der Waals surface area contributed by atoms with E-state index in [-0.39, 0.29) is 59.6 Å². The number of fused-ring (bicyclic) bond motifs is 2. The second kappa shape index (κ2) is 14.8. The second-order valence-electron chi connectivity index (χ2n) is 7.73. The van der Waals surface area contributed by atoms with Crippen molar-refractivity contribution in [1.82, 2.24) is 19.7 Å². The normalized spacial score (nSPS) is 16.4. The molecule has 0 amide bonds. The van der Waals surface area contributed by atoms with E-state index in [2.05, 4.69) is 4.98 Å². The molecule has 5 N–H and O–H groups in total. The van der Waals surface area contributed by atoms with Crippen molar-refractivity contribution < 1.29 is 69.6 Å². The number of aliphatic carboxylic acids is 3. The number of aromatic nitrogens is 1. The van der Waals surface area contributed by atoms with Gasteiger partial charge in [-0.05, 0) is 37.1 Å². The number of pyridine rings is 1. The Bertz CT molecular complexity index is 733. The van der Waals surface area contributed by atoms with Crippen molar-refractivity contribution in [2.24, 2.45) is 5.73 Å². The third-order valence-electron chi connectivity index (χ3n) is 4.97. The summed E-state index contributed by atoms with van der Waals surface area (Å²) in [6, 6.07) is 3.85. The topological polar surface area (TPSA) is 161 Å². The molecule has 1 aromatic rings. The van der Waals surface area contributed by atoms with Crippen molar-refractivity contribution in [3.05, 3.63) is 29.1 Å². The third kappa shape index (κ3) is 11.0. The van der Waals surface area contributed by atoms with E-state index >= 15 is 0 Å². The number of rotatable bonds is 9. The predicted octanol–water partition coefficient (Wildman–Crippen LogP) is -0.854. The SMILES string of the molecule is NCCCc1cc2nc(c1)CN(CC(=O)O)CCN(CC(=O)O)CCN(CC(=O)O)C2.[Gd+3]. The molecule has 0 saturated heterocycles. The first kappa shape index (κ1) is 28.8. The van der Waals surface area contributed by atoms with Crippen LogP contribution in [0.5, 0.6) is 0 Å². The number of carboxylic acids is 3. The van der Waals surface area contributed by atoms with Gasteiger partial charge in [0.1, 0.15) is 0 Å². The Morgan fingerprint density at radius 2 is 1.22 bits per heavy atom. The second-order valence-corrected chi connectivity index (χ2v) is 7.73. The van der Waals surface area contributed by atoms with Crippen molar-refractivity contribution >= 4 is 17.9 Å². The molecular formula is C20H31GdN5O6+3. The standard InChI is InChI=1S/C20H31N5O6.Gd/c21-3-1-2-15-8-16-10-24(13-19(28)29)6-4-23(12-18(26)27)5-7-25(14-20(30)31)11-17(9-15)22-16;/h8-9H,1-7,10-14,21H2,(H,26,27)(H,28,29)(H,30,31);/q;+3. The molecule has 0 atom stereocenters. The van der Waals surface area contributed by atoms with E-state index < -0.39 is 17.9 Å². The van der Waals surface area contributed by atoms with Crippen molar-refractivity contribution in [3.63, 3.8) is 0 Å². The average Bonchev–Trinajstić information content (AvgIpc) is 2.66. The summed E-state index contributed by atoms with van der Waals surface area (Å²) in [5.74, 6) is -2.92. The maximum atomic E-state index is 11.3. The number of nitrogens with two attached hydrogens (primary N) is 1. The van der Waals surface area contributed by atoms with Crippen LogP contribution in [0.25, 0.3) is 0 Å². The first-order valence-corrected chi connectivity index (χ1v) is 10.3. The number of carbonyl (C=O) groups is 3. The average molecular weight is 595 g/mol. The van der Waals surface area contributed by atoms with E-state index in [0.29, 0.717) is 57.2 Å². The fourth-order valence-corrected chi connectivity index (χ4v) is 3.63. The molecule has 2 rings (SSSR count). The number of aryl methyl sites for hydroxylation is 1. The van der Waals surface area contributed by atoms with Gasteiger partial charge in [-0.25, -0.2) is 0 Å². The molecule has 1 aliphatic rings. The van der Waals surface area contributed by atoms with Gasteiger partial charge in [-0.15, -0.1) is 0 Å². The Balaban J connectivity index is 0.00000512. The summed E-state index contributed by atoms with van der Waals surface area (Å²) in [6.45, 7) is 1.97. The molecule has 177 valence electrons. The molecule has 12 heteroatoms. The van der Waals surface area contributed by atoms with Crippen LogP contribution in [0.2, 0.25) is 0 Å². The fourth-order valence-electron chi connectivity index (χ4n) is 3.63. The van der Waals surface area contributed by atoms with Crippen molar-refractivity contribution in [2.45, 2.75) is 25.9 Å². The van der Waals surface area contributed by atoms with E-state index in [0.717, 1.165) is 18.4 Å². The van der Waals surface area contributed by atoms with Crippen LogP contribution >= 0.6 is 0 Å². The quantitative estimate of drug-likeness (QED) is 0.282. The summed E-state index contributed by atoms with van der Waals surface area (Å²) in [5.41, 5.74) is 8.06. The van der Waals surface area contributed by atoms with Gasteiger partial charge in [-0.2, -0.15) is 0 Å². The van der Waals surface area contributed by atoms with Crippen LogP contribution in [0.3, 0.4) is 0 Å². The van der Waals surface area contributed by atoms with Crippen LogP contribution in [-0.4, -0.2) is 105 Å². The zero-order valence-corrected chi connectivity index (χ0v) is 20.2. The molecule has 0 spiro atoms. The molecular weight excluding hydrogens is 563 g/mol. The molecule has 1 aliphatic heterocycles. The van der Waals surface area contributed by atoms with Gasteiger partial charge in [0.15, 0.2) is 0 Å². The van der Waals surface area contributed by atoms with Gasteiger partial charge in [0, 0.05) is 39.3 Å². The molecule has 32 heavy (non-hydrogen) atoms. The van der Waals surface area contributed by atoms with Crippen LogP contribution in [0.4, 0.5) is 0 Å². The van der Waals surface area contributed by atoms with Crippen LogP contribution in [-0.2, 0) is 33.9 Å². The first-order chi connectivity index (χ1) is 14.7. The van der Waals surface area contributed by atoms with E-state index in [9.17, 15) is 29.7 Å². The summed E-state index contributed by atoms with van der Waals surface area (Å²) in [4.78, 5) is 43.7. The summed E-state index contributed by atoms with van der Waals surface area (Å²) in [7, 11) is 0. The number of nitrogens with zero attached hydrogens (tertiary/aromatic N) is 4. The first-order valence-electron chi connectivity index (χ1n) is 10.3. The Morgan fingerprint density at radius 3 is 1.62 bits per heavy atom. The van der Waals surface area contributed by atoms with Gasteiger partial charge < -0.3 is 21.1 Å². The van der Waals surface area contributed by atoms with Gasteiger partial charge in [-0.3, -0.25) is 34.1 Å². The molecule has 0 aromatic carbocycles. The molecule has 2 bridgehead atoms. The molecule has 1 radical (unpaired) electrons. The van der Waals surface area contributed by atoms with Crippen LogP contribution in [0.1, 0.15) is 23.4 Å². The van der Waals surface area contributed by atoms with Crippen molar-refractivity contribution in [2.75, 3.05) is 52.4 Å². The molecule has 2 heterocycles. The van der Waals surface area contributed by atoms with E-state index in [1.54, 1.807) is 14.7 Å². The Hall–Kier alpha value is -1.28. The van der Waals surface area contributed by atoms with Crippen LogP contribution in [0.15, 0.2) is 12.1 Å². The Morgan fingerprint density at radius 1 is 0.812 bits per heavy atom.